The largest absolute Gasteiger partial charge is 0.310 e. The summed E-state index contributed by atoms with van der Waals surface area (Å²) in [5.41, 5.74) is 1.75. The van der Waals surface area contributed by atoms with Crippen LogP contribution in [-0.2, 0) is 6.42 Å². The van der Waals surface area contributed by atoms with Crippen molar-refractivity contribution in [2.45, 2.75) is 19.4 Å². The minimum Gasteiger partial charge on any atom is -0.310 e. The van der Waals surface area contributed by atoms with Crippen molar-refractivity contribution in [3.05, 3.63) is 53.8 Å². The molecular formula is C14H13Br2ClFNS. The summed E-state index contributed by atoms with van der Waals surface area (Å²) in [5, 5.41) is 3.95. The van der Waals surface area contributed by atoms with Crippen LogP contribution in [0, 0.1) is 5.82 Å². The van der Waals surface area contributed by atoms with E-state index in [1.54, 1.807) is 23.5 Å². The Bertz CT molecular complexity index is 603. The molecular weight excluding hydrogens is 428 g/mol. The second-order valence-corrected chi connectivity index (χ2v) is 8.52. The van der Waals surface area contributed by atoms with Crippen LogP contribution in [-0.4, -0.2) is 6.54 Å². The molecule has 0 saturated heterocycles. The lowest BCUT2D eigenvalue weighted by atomic mass is 10.0. The van der Waals surface area contributed by atoms with Crippen LogP contribution in [0.1, 0.15) is 24.1 Å². The molecule has 20 heavy (non-hydrogen) atoms. The first-order chi connectivity index (χ1) is 9.51. The van der Waals surface area contributed by atoms with Gasteiger partial charge in [0.1, 0.15) is 5.82 Å². The molecule has 108 valence electrons. The van der Waals surface area contributed by atoms with Crippen molar-refractivity contribution in [1.82, 2.24) is 5.32 Å². The van der Waals surface area contributed by atoms with E-state index in [9.17, 15) is 4.39 Å². The van der Waals surface area contributed by atoms with Crippen LogP contribution < -0.4 is 5.32 Å². The van der Waals surface area contributed by atoms with Crippen molar-refractivity contribution >= 4 is 54.8 Å². The Balaban J connectivity index is 2.30. The Kier molecular flexibility index (Phi) is 6.05. The molecule has 0 radical (unpaired) electrons. The summed E-state index contributed by atoms with van der Waals surface area (Å²) in [5.74, 6) is -0.220. The lowest BCUT2D eigenvalue weighted by Crippen LogP contribution is -2.23. The van der Waals surface area contributed by atoms with Crippen molar-refractivity contribution in [3.8, 4) is 0 Å². The predicted octanol–water partition coefficient (Wildman–Crippen LogP) is 5.96. The summed E-state index contributed by atoms with van der Waals surface area (Å²) in [6.07, 6.45) is 0.558. The van der Waals surface area contributed by atoms with Gasteiger partial charge < -0.3 is 5.32 Å². The fourth-order valence-corrected chi connectivity index (χ4v) is 5.22. The number of hydrogen-bond acceptors (Lipinski definition) is 2. The van der Waals surface area contributed by atoms with E-state index in [0.717, 1.165) is 19.7 Å². The predicted molar refractivity (Wildman–Crippen MR) is 91.3 cm³/mol. The lowest BCUT2D eigenvalue weighted by molar-refractivity contribution is 0.528. The smallest absolute Gasteiger partial charge is 0.126 e. The van der Waals surface area contributed by atoms with Crippen LogP contribution in [0.4, 0.5) is 4.39 Å². The van der Waals surface area contributed by atoms with Crippen molar-refractivity contribution in [2.75, 3.05) is 6.54 Å². The highest BCUT2D eigenvalue weighted by molar-refractivity contribution is 9.12. The van der Waals surface area contributed by atoms with Gasteiger partial charge in [-0.1, -0.05) is 18.5 Å². The van der Waals surface area contributed by atoms with Gasteiger partial charge in [0.25, 0.3) is 0 Å². The maximum atomic E-state index is 13.9. The standard InChI is InChI=1S/C14H13Br2ClFNS/c1-2-19-12(10-7-13(15)20-14(10)16)6-8-5-9(17)3-4-11(8)18/h3-5,7,12,19H,2,6H2,1H3. The molecule has 2 rings (SSSR count). The molecule has 2 aromatic rings. The first kappa shape index (κ1) is 16.4. The third-order valence-corrected chi connectivity index (χ3v) is 5.56. The van der Waals surface area contributed by atoms with Gasteiger partial charge in [-0.25, -0.2) is 4.39 Å². The first-order valence-electron chi connectivity index (χ1n) is 6.13. The normalized spacial score (nSPS) is 12.7. The molecule has 1 nitrogen and oxygen atoms in total. The minimum atomic E-state index is -0.220. The average molecular weight is 442 g/mol. The highest BCUT2D eigenvalue weighted by Crippen LogP contribution is 2.37. The van der Waals surface area contributed by atoms with Crippen molar-refractivity contribution < 1.29 is 4.39 Å². The van der Waals surface area contributed by atoms with Gasteiger partial charge >= 0.3 is 0 Å². The van der Waals surface area contributed by atoms with E-state index in [2.05, 4.69) is 43.2 Å². The SMILES string of the molecule is CCNC(Cc1cc(Cl)ccc1F)c1cc(Br)sc1Br. The molecule has 0 spiro atoms. The van der Waals surface area contributed by atoms with Gasteiger partial charge in [-0.3, -0.25) is 0 Å². The fraction of sp³-hybridized carbons (Fsp3) is 0.286. The summed E-state index contributed by atoms with van der Waals surface area (Å²) >= 11 is 14.6. The van der Waals surface area contributed by atoms with E-state index in [-0.39, 0.29) is 11.9 Å². The molecule has 1 N–H and O–H groups in total. The molecule has 0 amide bonds. The van der Waals surface area contributed by atoms with Crippen LogP contribution in [0.2, 0.25) is 5.02 Å². The Morgan fingerprint density at radius 3 is 2.70 bits per heavy atom. The molecule has 1 heterocycles. The summed E-state index contributed by atoms with van der Waals surface area (Å²) in [6, 6.07) is 6.78. The van der Waals surface area contributed by atoms with E-state index >= 15 is 0 Å². The zero-order chi connectivity index (χ0) is 14.7. The van der Waals surface area contributed by atoms with Gasteiger partial charge in [0.05, 0.1) is 7.57 Å². The van der Waals surface area contributed by atoms with E-state index < -0.39 is 0 Å². The third kappa shape index (κ3) is 4.04. The zero-order valence-corrected chi connectivity index (χ0v) is 15.5. The Hall–Kier alpha value is 0.0600. The van der Waals surface area contributed by atoms with Crippen LogP contribution in [0.3, 0.4) is 0 Å². The van der Waals surface area contributed by atoms with Crippen LogP contribution in [0.25, 0.3) is 0 Å². The summed E-state index contributed by atoms with van der Waals surface area (Å²) in [4.78, 5) is 0. The van der Waals surface area contributed by atoms with Gasteiger partial charge in [-0.05, 0) is 80.2 Å². The monoisotopic (exact) mass is 439 g/mol. The molecule has 0 aliphatic rings. The topological polar surface area (TPSA) is 12.0 Å². The Morgan fingerprint density at radius 2 is 2.10 bits per heavy atom. The van der Waals surface area contributed by atoms with Crippen molar-refractivity contribution in [2.24, 2.45) is 0 Å². The number of halogens is 4. The molecule has 0 fully saturated rings. The lowest BCUT2D eigenvalue weighted by Gasteiger charge is -2.18. The molecule has 0 saturated carbocycles. The highest BCUT2D eigenvalue weighted by Gasteiger charge is 2.18. The van der Waals surface area contributed by atoms with Crippen LogP contribution >= 0.6 is 54.8 Å². The van der Waals surface area contributed by atoms with Gasteiger partial charge in [-0.2, -0.15) is 0 Å². The Morgan fingerprint density at radius 1 is 1.35 bits per heavy atom. The zero-order valence-electron chi connectivity index (χ0n) is 10.7. The molecule has 0 bridgehead atoms. The Labute approximate surface area is 143 Å². The van der Waals surface area contributed by atoms with E-state index in [1.165, 1.54) is 6.07 Å². The average Bonchev–Trinajstić information content (AvgIpc) is 2.72. The molecule has 6 heteroatoms. The number of benzene rings is 1. The van der Waals surface area contributed by atoms with E-state index in [4.69, 9.17) is 11.6 Å². The van der Waals surface area contributed by atoms with Crippen molar-refractivity contribution in [3.63, 3.8) is 0 Å². The molecule has 1 atom stereocenters. The quantitative estimate of drug-likeness (QED) is 0.604. The van der Waals surface area contributed by atoms with E-state index in [1.807, 2.05) is 6.92 Å². The van der Waals surface area contributed by atoms with E-state index in [0.29, 0.717) is 17.0 Å². The number of rotatable bonds is 5. The number of likely N-dealkylation sites (N-methyl/N-ethyl adjacent to an activating group) is 1. The van der Waals surface area contributed by atoms with Crippen molar-refractivity contribution in [1.29, 1.82) is 0 Å². The number of nitrogens with one attached hydrogen (secondary N) is 1. The minimum absolute atomic E-state index is 0.0462. The van der Waals surface area contributed by atoms with Crippen LogP contribution in [0.5, 0.6) is 0 Å². The summed E-state index contributed by atoms with van der Waals surface area (Å²) in [7, 11) is 0. The molecule has 1 aromatic carbocycles. The number of thiophene rings is 1. The maximum absolute atomic E-state index is 13.9. The van der Waals surface area contributed by atoms with Crippen LogP contribution in [0.15, 0.2) is 31.8 Å². The second kappa shape index (κ2) is 7.36. The summed E-state index contributed by atoms with van der Waals surface area (Å²) in [6.45, 7) is 2.85. The first-order valence-corrected chi connectivity index (χ1v) is 8.91. The maximum Gasteiger partial charge on any atom is 0.126 e. The molecule has 0 aliphatic heterocycles. The molecule has 1 aromatic heterocycles. The van der Waals surface area contributed by atoms with Gasteiger partial charge in [0.15, 0.2) is 0 Å². The second-order valence-electron chi connectivity index (χ2n) is 4.33. The van der Waals surface area contributed by atoms with Gasteiger partial charge in [0.2, 0.25) is 0 Å². The molecule has 1 unspecified atom stereocenters. The highest BCUT2D eigenvalue weighted by atomic mass is 79.9. The van der Waals surface area contributed by atoms with Gasteiger partial charge in [0, 0.05) is 11.1 Å². The fourth-order valence-electron chi connectivity index (χ4n) is 2.05. The summed E-state index contributed by atoms with van der Waals surface area (Å²) < 4.78 is 16.0. The van der Waals surface area contributed by atoms with Gasteiger partial charge in [-0.15, -0.1) is 11.3 Å². The third-order valence-electron chi connectivity index (χ3n) is 2.94. The number of hydrogen-bond donors (Lipinski definition) is 1. The molecule has 0 aliphatic carbocycles.